The highest BCUT2D eigenvalue weighted by atomic mass is 32.2. The maximum atomic E-state index is 11.3. The molecule has 0 fully saturated rings. The van der Waals surface area contributed by atoms with Gasteiger partial charge in [0.05, 0.1) is 7.11 Å². The van der Waals surface area contributed by atoms with Crippen molar-refractivity contribution in [2.45, 2.75) is 23.0 Å². The Balaban J connectivity index is 1.96. The number of esters is 1. The lowest BCUT2D eigenvalue weighted by Gasteiger charge is -2.12. The number of benzene rings is 1. The van der Waals surface area contributed by atoms with Gasteiger partial charge in [-0.1, -0.05) is 11.8 Å². The maximum Gasteiger partial charge on any atom is 0.327 e. The molecule has 0 amide bonds. The number of hydrogen-bond acceptors (Lipinski definition) is 6. The fraction of sp³-hybridized carbons (Fsp3) is 0.250. The molecule has 2 aromatic rings. The third-order valence-electron chi connectivity index (χ3n) is 2.40. The van der Waals surface area contributed by atoms with Gasteiger partial charge >= 0.3 is 5.97 Å². The molecule has 1 aromatic carbocycles. The van der Waals surface area contributed by atoms with Gasteiger partial charge in [0.25, 0.3) is 0 Å². The SMILES string of the molecule is COC(=O)C(C)Nc1ccc(Sc2ncn[nH]2)cc1. The van der Waals surface area contributed by atoms with Crippen molar-refractivity contribution in [1.82, 2.24) is 15.2 Å². The van der Waals surface area contributed by atoms with Crippen LogP contribution in [-0.2, 0) is 9.53 Å². The first-order valence-electron chi connectivity index (χ1n) is 5.66. The Morgan fingerprint density at radius 2 is 2.16 bits per heavy atom. The van der Waals surface area contributed by atoms with Crippen LogP contribution in [0.15, 0.2) is 40.6 Å². The number of hydrogen-bond donors (Lipinski definition) is 2. The molecule has 2 rings (SSSR count). The van der Waals surface area contributed by atoms with E-state index in [1.807, 2.05) is 24.3 Å². The van der Waals surface area contributed by atoms with E-state index in [9.17, 15) is 4.79 Å². The molecular formula is C12H14N4O2S. The van der Waals surface area contributed by atoms with Crippen molar-refractivity contribution in [3.63, 3.8) is 0 Å². The normalized spacial score (nSPS) is 11.9. The number of nitrogens with one attached hydrogen (secondary N) is 2. The second kappa shape index (κ2) is 6.24. The van der Waals surface area contributed by atoms with Crippen molar-refractivity contribution in [2.75, 3.05) is 12.4 Å². The van der Waals surface area contributed by atoms with E-state index in [4.69, 9.17) is 0 Å². The van der Waals surface area contributed by atoms with Crippen LogP contribution in [0.4, 0.5) is 5.69 Å². The first-order valence-corrected chi connectivity index (χ1v) is 6.48. The van der Waals surface area contributed by atoms with Crippen molar-refractivity contribution in [3.8, 4) is 0 Å². The summed E-state index contributed by atoms with van der Waals surface area (Å²) in [5.41, 5.74) is 0.861. The van der Waals surface area contributed by atoms with Gasteiger partial charge in [-0.05, 0) is 31.2 Å². The fourth-order valence-corrected chi connectivity index (χ4v) is 2.15. The van der Waals surface area contributed by atoms with E-state index in [0.29, 0.717) is 0 Å². The van der Waals surface area contributed by atoms with Crippen LogP contribution in [0.25, 0.3) is 0 Å². The van der Waals surface area contributed by atoms with E-state index >= 15 is 0 Å². The number of nitrogens with zero attached hydrogens (tertiary/aromatic N) is 2. The van der Waals surface area contributed by atoms with Crippen LogP contribution < -0.4 is 5.32 Å². The molecule has 1 heterocycles. The molecule has 7 heteroatoms. The number of H-pyrrole nitrogens is 1. The van der Waals surface area contributed by atoms with Crippen molar-refractivity contribution in [3.05, 3.63) is 30.6 Å². The van der Waals surface area contributed by atoms with Crippen LogP contribution in [0, 0.1) is 0 Å². The summed E-state index contributed by atoms with van der Waals surface area (Å²) in [6, 6.07) is 7.31. The Morgan fingerprint density at radius 3 is 2.74 bits per heavy atom. The molecule has 0 aliphatic carbocycles. The number of rotatable bonds is 5. The van der Waals surface area contributed by atoms with Crippen LogP contribution in [0.2, 0.25) is 0 Å². The summed E-state index contributed by atoms with van der Waals surface area (Å²) in [5, 5.41) is 10.4. The van der Waals surface area contributed by atoms with Crippen molar-refractivity contribution in [2.24, 2.45) is 0 Å². The second-order valence-corrected chi connectivity index (χ2v) is 4.87. The lowest BCUT2D eigenvalue weighted by Crippen LogP contribution is -2.27. The fourth-order valence-electron chi connectivity index (χ4n) is 1.46. The largest absolute Gasteiger partial charge is 0.467 e. The zero-order valence-electron chi connectivity index (χ0n) is 10.6. The standard InChI is InChI=1S/C12H14N4O2S/c1-8(11(17)18-2)15-9-3-5-10(6-4-9)19-12-13-7-14-16-12/h3-8,15H,1-2H3,(H,13,14,16). The quantitative estimate of drug-likeness (QED) is 0.813. The van der Waals surface area contributed by atoms with Gasteiger partial charge in [-0.3, -0.25) is 5.10 Å². The van der Waals surface area contributed by atoms with Crippen molar-refractivity contribution in [1.29, 1.82) is 0 Å². The van der Waals surface area contributed by atoms with Crippen LogP contribution >= 0.6 is 11.8 Å². The number of carbonyl (C=O) groups is 1. The second-order valence-electron chi connectivity index (χ2n) is 3.81. The van der Waals surface area contributed by atoms with Crippen molar-refractivity contribution < 1.29 is 9.53 Å². The molecule has 19 heavy (non-hydrogen) atoms. The van der Waals surface area contributed by atoms with E-state index in [1.165, 1.54) is 25.2 Å². The van der Waals surface area contributed by atoms with E-state index in [2.05, 4.69) is 25.2 Å². The molecule has 6 nitrogen and oxygen atoms in total. The summed E-state index contributed by atoms with van der Waals surface area (Å²) in [5.74, 6) is -0.292. The average molecular weight is 278 g/mol. The van der Waals surface area contributed by atoms with Gasteiger partial charge in [0.1, 0.15) is 12.4 Å². The predicted molar refractivity (Wildman–Crippen MR) is 72.0 cm³/mol. The summed E-state index contributed by atoms with van der Waals surface area (Å²) in [6.45, 7) is 1.75. The van der Waals surface area contributed by atoms with Gasteiger partial charge in [-0.15, -0.1) is 0 Å². The molecule has 0 saturated heterocycles. The first-order chi connectivity index (χ1) is 9.19. The molecular weight excluding hydrogens is 264 g/mol. The molecule has 1 aromatic heterocycles. The molecule has 0 saturated carbocycles. The molecule has 0 spiro atoms. The minimum atomic E-state index is -0.377. The Hall–Kier alpha value is -2.02. The minimum absolute atomic E-state index is 0.292. The predicted octanol–water partition coefficient (Wildman–Crippen LogP) is 1.93. The maximum absolute atomic E-state index is 11.3. The molecule has 2 N–H and O–H groups in total. The summed E-state index contributed by atoms with van der Waals surface area (Å²) in [7, 11) is 1.37. The zero-order valence-corrected chi connectivity index (χ0v) is 11.4. The molecule has 0 radical (unpaired) electrons. The monoisotopic (exact) mass is 278 g/mol. The Labute approximate surface area is 115 Å². The number of anilines is 1. The lowest BCUT2D eigenvalue weighted by molar-refractivity contribution is -0.141. The number of carbonyl (C=O) groups excluding carboxylic acids is 1. The molecule has 0 aliphatic rings. The zero-order chi connectivity index (χ0) is 13.7. The van der Waals surface area contributed by atoms with Crippen LogP contribution in [-0.4, -0.2) is 34.3 Å². The lowest BCUT2D eigenvalue weighted by atomic mass is 10.2. The molecule has 100 valence electrons. The highest BCUT2D eigenvalue weighted by molar-refractivity contribution is 7.99. The van der Waals surface area contributed by atoms with Gasteiger partial charge in [-0.25, -0.2) is 9.78 Å². The third kappa shape index (κ3) is 3.72. The van der Waals surface area contributed by atoms with Gasteiger partial charge < -0.3 is 10.1 Å². The number of methoxy groups -OCH3 is 1. The van der Waals surface area contributed by atoms with E-state index in [1.54, 1.807) is 6.92 Å². The third-order valence-corrected chi connectivity index (χ3v) is 3.30. The number of ether oxygens (including phenoxy) is 1. The summed E-state index contributed by atoms with van der Waals surface area (Å²) in [6.07, 6.45) is 1.47. The van der Waals surface area contributed by atoms with Crippen LogP contribution in [0.1, 0.15) is 6.92 Å². The summed E-state index contributed by atoms with van der Waals surface area (Å²) in [4.78, 5) is 16.4. The molecule has 1 atom stereocenters. The van der Waals surface area contributed by atoms with Gasteiger partial charge in [0, 0.05) is 10.6 Å². The van der Waals surface area contributed by atoms with Crippen molar-refractivity contribution >= 4 is 23.4 Å². The summed E-state index contributed by atoms with van der Waals surface area (Å²) < 4.78 is 4.65. The molecule has 0 bridgehead atoms. The highest BCUT2D eigenvalue weighted by Gasteiger charge is 2.12. The van der Waals surface area contributed by atoms with Crippen LogP contribution in [0.5, 0.6) is 0 Å². The Kier molecular flexibility index (Phi) is 4.40. The minimum Gasteiger partial charge on any atom is -0.467 e. The number of aromatic nitrogens is 3. The average Bonchev–Trinajstić information content (AvgIpc) is 2.93. The van der Waals surface area contributed by atoms with Gasteiger partial charge in [0.15, 0.2) is 5.16 Å². The van der Waals surface area contributed by atoms with E-state index < -0.39 is 0 Å². The Morgan fingerprint density at radius 1 is 1.42 bits per heavy atom. The van der Waals surface area contributed by atoms with E-state index in [-0.39, 0.29) is 12.0 Å². The highest BCUT2D eigenvalue weighted by Crippen LogP contribution is 2.25. The van der Waals surface area contributed by atoms with Gasteiger partial charge in [0.2, 0.25) is 0 Å². The number of aromatic amines is 1. The summed E-state index contributed by atoms with van der Waals surface area (Å²) >= 11 is 1.48. The van der Waals surface area contributed by atoms with Crippen LogP contribution in [0.3, 0.4) is 0 Å². The smallest absolute Gasteiger partial charge is 0.327 e. The molecule has 0 aliphatic heterocycles. The van der Waals surface area contributed by atoms with Gasteiger partial charge in [-0.2, -0.15) is 5.10 Å². The van der Waals surface area contributed by atoms with E-state index in [0.717, 1.165) is 15.7 Å². The molecule has 1 unspecified atom stereocenters. The topological polar surface area (TPSA) is 79.9 Å². The first kappa shape index (κ1) is 13.4. The Bertz CT molecular complexity index is 527.